The van der Waals surface area contributed by atoms with Crippen molar-refractivity contribution in [3.8, 4) is 6.07 Å². The Morgan fingerprint density at radius 2 is 2.11 bits per heavy atom. The van der Waals surface area contributed by atoms with Crippen LogP contribution in [0.15, 0.2) is 12.4 Å². The standard InChI is InChI=1S/C5H4BN3/c6-5-4(3-7)8-1-2-9-5/h1-2H,6H2. The summed E-state index contributed by atoms with van der Waals surface area (Å²) in [7, 11) is 1.76. The molecule has 42 valence electrons. The largest absolute Gasteiger partial charge is 0.268 e. The molecule has 0 unspecified atom stereocenters. The zero-order chi connectivity index (χ0) is 6.69. The Morgan fingerprint density at radius 3 is 2.56 bits per heavy atom. The topological polar surface area (TPSA) is 49.6 Å². The maximum absolute atomic E-state index is 8.37. The van der Waals surface area contributed by atoms with Crippen LogP contribution in [0.2, 0.25) is 0 Å². The van der Waals surface area contributed by atoms with Gasteiger partial charge in [0, 0.05) is 18.0 Å². The smallest absolute Gasteiger partial charge is 0.167 e. The average Bonchev–Trinajstić information content (AvgIpc) is 1.89. The number of nitriles is 1. The van der Waals surface area contributed by atoms with Crippen molar-refractivity contribution in [2.45, 2.75) is 0 Å². The van der Waals surface area contributed by atoms with E-state index in [1.165, 1.54) is 6.20 Å². The van der Waals surface area contributed by atoms with Crippen LogP contribution in [-0.2, 0) is 0 Å². The molecule has 0 N–H and O–H groups in total. The average molecular weight is 117 g/mol. The number of hydrogen-bond acceptors (Lipinski definition) is 3. The van der Waals surface area contributed by atoms with Gasteiger partial charge in [-0.1, -0.05) is 0 Å². The highest BCUT2D eigenvalue weighted by Gasteiger charge is 1.93. The SMILES string of the molecule is Bc1nccnc1C#N. The Hall–Kier alpha value is -1.37. The van der Waals surface area contributed by atoms with Gasteiger partial charge in [-0.15, -0.1) is 0 Å². The fourth-order valence-corrected chi connectivity index (χ4v) is 0.517. The molecule has 4 heteroatoms. The first kappa shape index (κ1) is 5.77. The molecule has 1 heterocycles. The zero-order valence-corrected chi connectivity index (χ0v) is 5.00. The molecule has 9 heavy (non-hydrogen) atoms. The van der Waals surface area contributed by atoms with E-state index < -0.39 is 0 Å². The van der Waals surface area contributed by atoms with E-state index in [1.54, 1.807) is 14.0 Å². The van der Waals surface area contributed by atoms with Crippen molar-refractivity contribution >= 4 is 13.4 Å². The number of nitrogens with zero attached hydrogens (tertiary/aromatic N) is 3. The molecule has 1 aromatic heterocycles. The van der Waals surface area contributed by atoms with Crippen molar-refractivity contribution in [3.63, 3.8) is 0 Å². The van der Waals surface area contributed by atoms with Gasteiger partial charge in [0.25, 0.3) is 0 Å². The number of rotatable bonds is 0. The minimum Gasteiger partial charge on any atom is -0.268 e. The highest BCUT2D eigenvalue weighted by atomic mass is 14.8. The van der Waals surface area contributed by atoms with Crippen molar-refractivity contribution in [1.29, 1.82) is 5.26 Å². The van der Waals surface area contributed by atoms with E-state index in [1.807, 2.05) is 6.07 Å². The van der Waals surface area contributed by atoms with Crippen LogP contribution in [0.4, 0.5) is 0 Å². The van der Waals surface area contributed by atoms with E-state index in [-0.39, 0.29) is 0 Å². The molecule has 1 rings (SSSR count). The molecule has 0 fully saturated rings. The quantitative estimate of drug-likeness (QED) is 0.393. The van der Waals surface area contributed by atoms with E-state index >= 15 is 0 Å². The first-order valence-electron chi connectivity index (χ1n) is 2.52. The fourth-order valence-electron chi connectivity index (χ4n) is 0.517. The maximum Gasteiger partial charge on any atom is 0.167 e. The summed E-state index contributed by atoms with van der Waals surface area (Å²) in [6.07, 6.45) is 3.07. The van der Waals surface area contributed by atoms with E-state index in [0.29, 0.717) is 11.3 Å². The minimum atomic E-state index is 0.400. The van der Waals surface area contributed by atoms with Crippen LogP contribution in [0, 0.1) is 11.3 Å². The summed E-state index contributed by atoms with van der Waals surface area (Å²) >= 11 is 0. The van der Waals surface area contributed by atoms with Gasteiger partial charge in [0.1, 0.15) is 6.07 Å². The highest BCUT2D eigenvalue weighted by molar-refractivity contribution is 6.31. The van der Waals surface area contributed by atoms with E-state index in [2.05, 4.69) is 9.97 Å². The Kier molecular flexibility index (Phi) is 1.45. The van der Waals surface area contributed by atoms with Crippen LogP contribution >= 0.6 is 0 Å². The van der Waals surface area contributed by atoms with Crippen molar-refractivity contribution < 1.29 is 0 Å². The molecule has 0 radical (unpaired) electrons. The summed E-state index contributed by atoms with van der Waals surface area (Å²) in [6.45, 7) is 0. The second-order valence-electron chi connectivity index (χ2n) is 1.60. The highest BCUT2D eigenvalue weighted by Crippen LogP contribution is 1.78. The van der Waals surface area contributed by atoms with Gasteiger partial charge >= 0.3 is 0 Å². The molecule has 0 spiro atoms. The van der Waals surface area contributed by atoms with Gasteiger partial charge in [-0.05, 0) is 0 Å². The third-order valence-corrected chi connectivity index (χ3v) is 0.987. The van der Waals surface area contributed by atoms with Crippen LogP contribution in [0.1, 0.15) is 5.69 Å². The fraction of sp³-hybridized carbons (Fsp3) is 0. The van der Waals surface area contributed by atoms with Crippen molar-refractivity contribution in [1.82, 2.24) is 9.97 Å². The molecule has 3 nitrogen and oxygen atoms in total. The predicted octanol–water partition coefficient (Wildman–Crippen LogP) is -1.39. The molecule has 0 atom stereocenters. The maximum atomic E-state index is 8.37. The third-order valence-electron chi connectivity index (χ3n) is 0.987. The summed E-state index contributed by atoms with van der Waals surface area (Å²) in [4.78, 5) is 7.64. The summed E-state index contributed by atoms with van der Waals surface area (Å²) in [5.74, 6) is 0. The summed E-state index contributed by atoms with van der Waals surface area (Å²) in [6, 6.07) is 1.92. The molecule has 0 aliphatic heterocycles. The predicted molar refractivity (Wildman–Crippen MR) is 34.9 cm³/mol. The molecular weight excluding hydrogens is 113 g/mol. The Balaban J connectivity index is 3.20. The first-order valence-corrected chi connectivity index (χ1v) is 2.52. The van der Waals surface area contributed by atoms with Crippen LogP contribution in [0.25, 0.3) is 0 Å². The first-order chi connectivity index (χ1) is 4.34. The molecule has 1 aromatic rings. The lowest BCUT2D eigenvalue weighted by molar-refractivity contribution is 1.20. The van der Waals surface area contributed by atoms with E-state index in [0.717, 1.165) is 0 Å². The lowest BCUT2D eigenvalue weighted by Gasteiger charge is -1.89. The van der Waals surface area contributed by atoms with Gasteiger partial charge in [0.2, 0.25) is 0 Å². The summed E-state index contributed by atoms with van der Waals surface area (Å²) < 4.78 is 0. The molecule has 0 aliphatic carbocycles. The Bertz CT molecular complexity index is 253. The van der Waals surface area contributed by atoms with E-state index in [9.17, 15) is 0 Å². The van der Waals surface area contributed by atoms with Crippen molar-refractivity contribution in [3.05, 3.63) is 18.1 Å². The van der Waals surface area contributed by atoms with Crippen LogP contribution in [0.3, 0.4) is 0 Å². The van der Waals surface area contributed by atoms with Gasteiger partial charge < -0.3 is 0 Å². The Morgan fingerprint density at radius 1 is 1.44 bits per heavy atom. The van der Waals surface area contributed by atoms with Gasteiger partial charge in [0.05, 0.1) is 0 Å². The molecule has 0 aliphatic rings. The normalized spacial score (nSPS) is 8.33. The van der Waals surface area contributed by atoms with Crippen LogP contribution < -0.4 is 5.59 Å². The van der Waals surface area contributed by atoms with Crippen molar-refractivity contribution in [2.24, 2.45) is 0 Å². The minimum absolute atomic E-state index is 0.400. The lowest BCUT2D eigenvalue weighted by Crippen LogP contribution is -2.13. The van der Waals surface area contributed by atoms with Crippen LogP contribution in [-0.4, -0.2) is 17.8 Å². The molecule has 0 aromatic carbocycles. The van der Waals surface area contributed by atoms with Gasteiger partial charge in [0.15, 0.2) is 13.5 Å². The third kappa shape index (κ3) is 1.05. The summed E-state index contributed by atoms with van der Waals surface area (Å²) in [5.41, 5.74) is 1.08. The second-order valence-corrected chi connectivity index (χ2v) is 1.60. The van der Waals surface area contributed by atoms with Gasteiger partial charge in [-0.3, -0.25) is 4.98 Å². The molecular formula is C5H4BN3. The second kappa shape index (κ2) is 2.27. The van der Waals surface area contributed by atoms with Gasteiger partial charge in [-0.2, -0.15) is 5.26 Å². The molecule has 0 saturated heterocycles. The van der Waals surface area contributed by atoms with Crippen LogP contribution in [0.5, 0.6) is 0 Å². The molecule has 0 bridgehead atoms. The Labute approximate surface area is 53.8 Å². The monoisotopic (exact) mass is 117 g/mol. The lowest BCUT2D eigenvalue weighted by atomic mass is 10.0. The zero-order valence-electron chi connectivity index (χ0n) is 5.00. The summed E-state index contributed by atoms with van der Waals surface area (Å²) in [5, 5.41) is 8.37. The molecule has 0 amide bonds. The molecule has 0 saturated carbocycles. The van der Waals surface area contributed by atoms with Gasteiger partial charge in [-0.25, -0.2) is 4.98 Å². The number of hydrogen-bond donors (Lipinski definition) is 0. The number of aromatic nitrogens is 2. The van der Waals surface area contributed by atoms with E-state index in [4.69, 9.17) is 5.26 Å². The van der Waals surface area contributed by atoms with Crippen molar-refractivity contribution in [2.75, 3.05) is 0 Å².